The van der Waals surface area contributed by atoms with E-state index in [0.717, 1.165) is 11.3 Å². The molecule has 3 rings (SSSR count). The zero-order chi connectivity index (χ0) is 17.3. The van der Waals surface area contributed by atoms with Crippen LogP contribution in [0.4, 0.5) is 5.69 Å². The standard InChI is InChI=1S/C17H18N4O3/c1-21-15(22)9-12-7-11(5-6-14(12)20-21)17(24)19-13-4-2-3-10(8-13)16(18)23/h2-4,8-9,11H,5-7H2,1H3,(H2,18,23)(H,19,24). The van der Waals surface area contributed by atoms with Crippen molar-refractivity contribution in [3.05, 3.63) is 57.5 Å². The van der Waals surface area contributed by atoms with E-state index >= 15 is 0 Å². The highest BCUT2D eigenvalue weighted by Crippen LogP contribution is 2.24. The maximum absolute atomic E-state index is 12.5. The maximum atomic E-state index is 12.5. The lowest BCUT2D eigenvalue weighted by atomic mass is 9.86. The molecule has 1 aromatic heterocycles. The summed E-state index contributed by atoms with van der Waals surface area (Å²) in [4.78, 5) is 35.4. The van der Waals surface area contributed by atoms with Crippen LogP contribution >= 0.6 is 0 Å². The number of aromatic nitrogens is 2. The summed E-state index contributed by atoms with van der Waals surface area (Å²) in [5.74, 6) is -0.911. The second-order valence-electron chi connectivity index (χ2n) is 5.95. The van der Waals surface area contributed by atoms with Crippen molar-refractivity contribution < 1.29 is 9.59 Å². The minimum atomic E-state index is -0.542. The van der Waals surface area contributed by atoms with Crippen LogP contribution in [0.15, 0.2) is 35.1 Å². The fraction of sp³-hybridized carbons (Fsp3) is 0.294. The first-order valence-corrected chi connectivity index (χ1v) is 7.71. The third-order valence-electron chi connectivity index (χ3n) is 4.24. The lowest BCUT2D eigenvalue weighted by Gasteiger charge is -2.23. The predicted molar refractivity (Wildman–Crippen MR) is 88.6 cm³/mol. The number of rotatable bonds is 3. The van der Waals surface area contributed by atoms with Gasteiger partial charge >= 0.3 is 0 Å². The molecule has 0 saturated carbocycles. The Morgan fingerprint density at radius 3 is 2.88 bits per heavy atom. The molecular weight excluding hydrogens is 308 g/mol. The number of aryl methyl sites for hydroxylation is 2. The third kappa shape index (κ3) is 3.19. The van der Waals surface area contributed by atoms with Crippen molar-refractivity contribution >= 4 is 17.5 Å². The first-order chi connectivity index (χ1) is 11.4. The van der Waals surface area contributed by atoms with Gasteiger partial charge in [-0.3, -0.25) is 14.4 Å². The van der Waals surface area contributed by atoms with Crippen molar-refractivity contribution in [2.75, 3.05) is 5.32 Å². The number of anilines is 1. The van der Waals surface area contributed by atoms with Gasteiger partial charge in [-0.25, -0.2) is 4.68 Å². The molecule has 0 aliphatic heterocycles. The minimum Gasteiger partial charge on any atom is -0.366 e. The number of carbonyl (C=O) groups is 2. The lowest BCUT2D eigenvalue weighted by molar-refractivity contribution is -0.120. The van der Waals surface area contributed by atoms with Gasteiger partial charge in [0.1, 0.15) is 0 Å². The van der Waals surface area contributed by atoms with E-state index in [1.165, 1.54) is 4.68 Å². The normalized spacial score (nSPS) is 16.3. The number of hydrogen-bond donors (Lipinski definition) is 2. The second-order valence-corrected chi connectivity index (χ2v) is 5.95. The summed E-state index contributed by atoms with van der Waals surface area (Å²) in [6.07, 6.45) is 1.81. The molecule has 2 aromatic rings. The molecule has 2 amide bonds. The van der Waals surface area contributed by atoms with Gasteiger partial charge in [-0.15, -0.1) is 0 Å². The molecule has 24 heavy (non-hydrogen) atoms. The Morgan fingerprint density at radius 2 is 2.12 bits per heavy atom. The molecule has 1 aromatic carbocycles. The van der Waals surface area contributed by atoms with Crippen LogP contribution in [0.2, 0.25) is 0 Å². The van der Waals surface area contributed by atoms with Crippen LogP contribution in [0, 0.1) is 5.92 Å². The molecule has 0 saturated heterocycles. The fourth-order valence-corrected chi connectivity index (χ4v) is 2.90. The van der Waals surface area contributed by atoms with Gasteiger partial charge in [-0.2, -0.15) is 5.10 Å². The van der Waals surface area contributed by atoms with Crippen molar-refractivity contribution in [2.24, 2.45) is 18.7 Å². The Bertz CT molecular complexity index is 872. The van der Waals surface area contributed by atoms with Crippen molar-refractivity contribution in [1.82, 2.24) is 9.78 Å². The highest BCUT2D eigenvalue weighted by Gasteiger charge is 2.26. The summed E-state index contributed by atoms with van der Waals surface area (Å²) < 4.78 is 1.31. The smallest absolute Gasteiger partial charge is 0.266 e. The summed E-state index contributed by atoms with van der Waals surface area (Å²) in [5.41, 5.74) is 7.64. The van der Waals surface area contributed by atoms with Crippen molar-refractivity contribution in [3.8, 4) is 0 Å². The largest absolute Gasteiger partial charge is 0.366 e. The predicted octanol–water partition coefficient (Wildman–Crippen LogP) is 0.623. The Kier molecular flexibility index (Phi) is 4.16. The zero-order valence-electron chi connectivity index (χ0n) is 13.3. The molecular formula is C17H18N4O3. The van der Waals surface area contributed by atoms with E-state index in [1.54, 1.807) is 37.4 Å². The van der Waals surface area contributed by atoms with Crippen molar-refractivity contribution in [1.29, 1.82) is 0 Å². The zero-order valence-corrected chi connectivity index (χ0v) is 13.3. The van der Waals surface area contributed by atoms with Crippen LogP contribution in [0.25, 0.3) is 0 Å². The van der Waals surface area contributed by atoms with Crippen molar-refractivity contribution in [3.63, 3.8) is 0 Å². The molecule has 0 bridgehead atoms. The molecule has 1 unspecified atom stereocenters. The van der Waals surface area contributed by atoms with E-state index in [4.69, 9.17) is 5.73 Å². The molecule has 7 heteroatoms. The average Bonchev–Trinajstić information content (AvgIpc) is 2.55. The molecule has 0 spiro atoms. The van der Waals surface area contributed by atoms with Gasteiger partial charge in [0.25, 0.3) is 5.56 Å². The maximum Gasteiger partial charge on any atom is 0.266 e. The molecule has 0 radical (unpaired) electrons. The Hall–Kier alpha value is -2.96. The number of benzene rings is 1. The second kappa shape index (κ2) is 6.27. The highest BCUT2D eigenvalue weighted by molar-refractivity contribution is 5.97. The Morgan fingerprint density at radius 1 is 1.33 bits per heavy atom. The van der Waals surface area contributed by atoms with E-state index < -0.39 is 5.91 Å². The summed E-state index contributed by atoms with van der Waals surface area (Å²) in [6, 6.07) is 8.07. The van der Waals surface area contributed by atoms with Crippen LogP contribution in [-0.4, -0.2) is 21.6 Å². The van der Waals surface area contributed by atoms with Gasteiger partial charge in [0, 0.05) is 30.3 Å². The summed E-state index contributed by atoms with van der Waals surface area (Å²) in [6.45, 7) is 0. The van der Waals surface area contributed by atoms with E-state index in [2.05, 4.69) is 10.4 Å². The first kappa shape index (κ1) is 15.9. The number of nitrogens with zero attached hydrogens (tertiary/aromatic N) is 2. The monoisotopic (exact) mass is 326 g/mol. The molecule has 1 aliphatic rings. The third-order valence-corrected chi connectivity index (χ3v) is 4.24. The number of nitrogens with two attached hydrogens (primary N) is 1. The van der Waals surface area contributed by atoms with Gasteiger partial charge < -0.3 is 11.1 Å². The van der Waals surface area contributed by atoms with Crippen LogP contribution in [0.3, 0.4) is 0 Å². The van der Waals surface area contributed by atoms with E-state index in [-0.39, 0.29) is 17.4 Å². The van der Waals surface area contributed by atoms with E-state index in [9.17, 15) is 14.4 Å². The van der Waals surface area contributed by atoms with Gasteiger partial charge in [0.2, 0.25) is 11.8 Å². The number of amides is 2. The number of fused-ring (bicyclic) bond motifs is 1. The average molecular weight is 326 g/mol. The minimum absolute atomic E-state index is 0.136. The molecule has 1 aliphatic carbocycles. The van der Waals surface area contributed by atoms with Crippen LogP contribution in [0.1, 0.15) is 28.0 Å². The number of hydrogen-bond acceptors (Lipinski definition) is 4. The summed E-state index contributed by atoms with van der Waals surface area (Å²) >= 11 is 0. The van der Waals surface area contributed by atoms with Gasteiger partial charge in [-0.05, 0) is 43.0 Å². The molecule has 124 valence electrons. The molecule has 0 fully saturated rings. The fourth-order valence-electron chi connectivity index (χ4n) is 2.90. The Balaban J connectivity index is 1.74. The van der Waals surface area contributed by atoms with E-state index in [1.807, 2.05) is 0 Å². The van der Waals surface area contributed by atoms with E-state index in [0.29, 0.717) is 30.5 Å². The van der Waals surface area contributed by atoms with Gasteiger partial charge in [-0.1, -0.05) is 6.07 Å². The highest BCUT2D eigenvalue weighted by atomic mass is 16.2. The van der Waals surface area contributed by atoms with Crippen LogP contribution in [-0.2, 0) is 24.7 Å². The number of primary amides is 1. The lowest BCUT2D eigenvalue weighted by Crippen LogP contribution is -2.31. The van der Waals surface area contributed by atoms with Crippen molar-refractivity contribution in [2.45, 2.75) is 19.3 Å². The molecule has 1 heterocycles. The Labute approximate surface area is 138 Å². The number of carbonyl (C=O) groups excluding carboxylic acids is 2. The van der Waals surface area contributed by atoms with Crippen LogP contribution < -0.4 is 16.6 Å². The molecule has 3 N–H and O–H groups in total. The van der Waals surface area contributed by atoms with Gasteiger partial charge in [0.15, 0.2) is 0 Å². The molecule has 1 atom stereocenters. The SMILES string of the molecule is Cn1nc2c(cc1=O)CC(C(=O)Nc1cccc(C(N)=O)c1)CC2. The van der Waals surface area contributed by atoms with Crippen LogP contribution in [0.5, 0.6) is 0 Å². The first-order valence-electron chi connectivity index (χ1n) is 7.71. The van der Waals surface area contributed by atoms with Gasteiger partial charge in [0.05, 0.1) is 5.69 Å². The quantitative estimate of drug-likeness (QED) is 0.862. The molecule has 7 nitrogen and oxygen atoms in total. The number of nitrogens with one attached hydrogen (secondary N) is 1. The topological polar surface area (TPSA) is 107 Å². The summed E-state index contributed by atoms with van der Waals surface area (Å²) in [5, 5.41) is 7.06. The summed E-state index contributed by atoms with van der Waals surface area (Å²) in [7, 11) is 1.62.